The smallest absolute Gasteiger partial charge is 0.251 e. The van der Waals surface area contributed by atoms with Crippen LogP contribution in [0.1, 0.15) is 15.9 Å². The molecule has 1 amide bonds. The van der Waals surface area contributed by atoms with Crippen LogP contribution in [0.25, 0.3) is 0 Å². The van der Waals surface area contributed by atoms with Crippen LogP contribution in [0, 0.1) is 11.5 Å². The van der Waals surface area contributed by atoms with Crippen molar-refractivity contribution in [3.8, 4) is 6.19 Å². The molecule has 0 heterocycles. The van der Waals surface area contributed by atoms with E-state index in [2.05, 4.69) is 15.6 Å². The lowest BCUT2D eigenvalue weighted by atomic mass is 10.1. The zero-order valence-electron chi connectivity index (χ0n) is 12.6. The van der Waals surface area contributed by atoms with E-state index in [0.717, 1.165) is 5.56 Å². The summed E-state index contributed by atoms with van der Waals surface area (Å²) in [6.07, 6.45) is 3.65. The van der Waals surface area contributed by atoms with Gasteiger partial charge in [-0.15, -0.1) is 0 Å². The molecule has 6 heteroatoms. The van der Waals surface area contributed by atoms with Gasteiger partial charge in [0.2, 0.25) is 0 Å². The molecule has 0 fully saturated rings. The van der Waals surface area contributed by atoms with Crippen LogP contribution in [0.3, 0.4) is 0 Å². The van der Waals surface area contributed by atoms with Crippen LogP contribution in [0.4, 0.5) is 5.69 Å². The summed E-state index contributed by atoms with van der Waals surface area (Å²) in [5, 5.41) is 14.5. The molecule has 23 heavy (non-hydrogen) atoms. The highest BCUT2D eigenvalue weighted by Crippen LogP contribution is 2.16. The predicted octanol–water partition coefficient (Wildman–Crippen LogP) is 3.04. The Morgan fingerprint density at radius 1 is 1.22 bits per heavy atom. The molecule has 116 valence electrons. The Morgan fingerprint density at radius 2 is 2.00 bits per heavy atom. The van der Waals surface area contributed by atoms with Crippen molar-refractivity contribution in [1.29, 1.82) is 5.26 Å². The highest BCUT2D eigenvalue weighted by Gasteiger charge is 2.06. The van der Waals surface area contributed by atoms with Gasteiger partial charge in [0, 0.05) is 12.1 Å². The minimum atomic E-state index is -0.162. The van der Waals surface area contributed by atoms with Gasteiger partial charge in [-0.2, -0.15) is 5.26 Å². The van der Waals surface area contributed by atoms with E-state index in [1.54, 1.807) is 24.3 Å². The average Bonchev–Trinajstić information content (AvgIpc) is 2.60. The summed E-state index contributed by atoms with van der Waals surface area (Å²) in [7, 11) is 0. The third-order valence-corrected chi connectivity index (χ3v) is 3.57. The molecule has 0 aromatic heterocycles. The number of amidine groups is 1. The zero-order valence-corrected chi connectivity index (χ0v) is 13.4. The van der Waals surface area contributed by atoms with Crippen molar-refractivity contribution in [1.82, 2.24) is 10.6 Å². The molecule has 0 aliphatic heterocycles. The number of amides is 1. The Hall–Kier alpha value is -2.78. The van der Waals surface area contributed by atoms with Gasteiger partial charge in [-0.3, -0.25) is 10.1 Å². The molecule has 2 aromatic rings. The van der Waals surface area contributed by atoms with Gasteiger partial charge in [0.1, 0.15) is 0 Å². The summed E-state index contributed by atoms with van der Waals surface area (Å²) in [5.74, 6) is -0.162. The maximum Gasteiger partial charge on any atom is 0.251 e. The number of benzene rings is 2. The van der Waals surface area contributed by atoms with Crippen LogP contribution in [0.15, 0.2) is 59.6 Å². The van der Waals surface area contributed by atoms with E-state index in [-0.39, 0.29) is 5.91 Å². The number of aliphatic imine (C=N–C) groups is 1. The molecule has 5 nitrogen and oxygen atoms in total. The summed E-state index contributed by atoms with van der Waals surface area (Å²) in [4.78, 5) is 16.5. The molecule has 2 aromatic carbocycles. The lowest BCUT2D eigenvalue weighted by molar-refractivity contribution is 0.0951. The Bertz CT molecular complexity index is 738. The van der Waals surface area contributed by atoms with Gasteiger partial charge in [0.25, 0.3) is 5.91 Å². The molecular weight excluding hydrogens is 308 g/mol. The second-order valence-electron chi connectivity index (χ2n) is 4.58. The van der Waals surface area contributed by atoms with Gasteiger partial charge in [0.15, 0.2) is 11.4 Å². The van der Waals surface area contributed by atoms with Crippen molar-refractivity contribution in [2.75, 3.05) is 6.26 Å². The van der Waals surface area contributed by atoms with Crippen LogP contribution in [-0.4, -0.2) is 17.3 Å². The van der Waals surface area contributed by atoms with Gasteiger partial charge in [-0.05, 0) is 30.0 Å². The molecule has 0 spiro atoms. The molecule has 0 saturated carbocycles. The molecule has 0 aliphatic rings. The third-order valence-electron chi connectivity index (χ3n) is 2.99. The van der Waals surface area contributed by atoms with E-state index >= 15 is 0 Å². The number of carbonyl (C=O) groups is 1. The monoisotopic (exact) mass is 324 g/mol. The molecule has 2 rings (SSSR count). The Labute approximate surface area is 139 Å². The second-order valence-corrected chi connectivity index (χ2v) is 5.37. The second kappa shape index (κ2) is 8.61. The first-order chi connectivity index (χ1) is 11.2. The lowest BCUT2D eigenvalue weighted by Crippen LogP contribution is -2.22. The maximum atomic E-state index is 12.2. The van der Waals surface area contributed by atoms with Crippen molar-refractivity contribution < 1.29 is 4.79 Å². The number of nitriles is 1. The third kappa shape index (κ3) is 5.16. The highest BCUT2D eigenvalue weighted by molar-refractivity contribution is 8.13. The maximum absolute atomic E-state index is 12.2. The zero-order chi connectivity index (χ0) is 16.5. The van der Waals surface area contributed by atoms with Crippen LogP contribution in [-0.2, 0) is 6.54 Å². The van der Waals surface area contributed by atoms with Crippen molar-refractivity contribution >= 4 is 28.5 Å². The van der Waals surface area contributed by atoms with E-state index < -0.39 is 0 Å². The van der Waals surface area contributed by atoms with Gasteiger partial charge in [0.05, 0.1) is 5.69 Å². The van der Waals surface area contributed by atoms with E-state index in [4.69, 9.17) is 5.26 Å². The standard InChI is InChI=1S/C17H16N4OS/c1-23-17(20-12-18)21-15-9-5-8-14(10-15)16(22)19-11-13-6-3-2-4-7-13/h2-10H,11H2,1H3,(H,19,22)(H,20,21). The first-order valence-corrected chi connectivity index (χ1v) is 8.15. The van der Waals surface area contributed by atoms with Crippen LogP contribution < -0.4 is 10.6 Å². The molecule has 0 saturated heterocycles. The predicted molar refractivity (Wildman–Crippen MR) is 93.4 cm³/mol. The van der Waals surface area contributed by atoms with E-state index in [0.29, 0.717) is 23.0 Å². The molecule has 2 N–H and O–H groups in total. The van der Waals surface area contributed by atoms with Crippen LogP contribution in [0.5, 0.6) is 0 Å². The molecule has 0 bridgehead atoms. The molecule has 0 radical (unpaired) electrons. The summed E-state index contributed by atoms with van der Waals surface area (Å²) >= 11 is 1.33. The number of hydrogen-bond acceptors (Lipinski definition) is 4. The number of hydrogen-bond donors (Lipinski definition) is 2. The largest absolute Gasteiger partial charge is 0.348 e. The quantitative estimate of drug-likeness (QED) is 0.392. The highest BCUT2D eigenvalue weighted by atomic mass is 32.2. The number of nitrogens with zero attached hydrogens (tertiary/aromatic N) is 2. The van der Waals surface area contributed by atoms with Gasteiger partial charge < -0.3 is 5.32 Å². The number of thioether (sulfide) groups is 1. The normalized spacial score (nSPS) is 10.7. The van der Waals surface area contributed by atoms with E-state index in [1.807, 2.05) is 42.8 Å². The Morgan fingerprint density at radius 3 is 2.70 bits per heavy atom. The van der Waals surface area contributed by atoms with E-state index in [1.165, 1.54) is 11.8 Å². The fourth-order valence-corrected chi connectivity index (χ4v) is 2.23. The van der Waals surface area contributed by atoms with Crippen molar-refractivity contribution in [3.63, 3.8) is 0 Å². The summed E-state index contributed by atoms with van der Waals surface area (Å²) in [5.41, 5.74) is 2.18. The summed E-state index contributed by atoms with van der Waals surface area (Å²) in [6.45, 7) is 0.471. The minimum absolute atomic E-state index is 0.162. The first kappa shape index (κ1) is 16.6. The van der Waals surface area contributed by atoms with Gasteiger partial charge in [-0.25, -0.2) is 4.99 Å². The van der Waals surface area contributed by atoms with Crippen LogP contribution >= 0.6 is 11.8 Å². The lowest BCUT2D eigenvalue weighted by Gasteiger charge is -2.06. The average molecular weight is 324 g/mol. The number of carbonyl (C=O) groups excluding carboxylic acids is 1. The Balaban J connectivity index is 2.07. The van der Waals surface area contributed by atoms with Crippen molar-refractivity contribution in [2.24, 2.45) is 4.99 Å². The Kier molecular flexibility index (Phi) is 6.21. The molecule has 0 unspecified atom stereocenters. The van der Waals surface area contributed by atoms with Crippen molar-refractivity contribution in [2.45, 2.75) is 6.54 Å². The molecule has 0 atom stereocenters. The van der Waals surface area contributed by atoms with Crippen LogP contribution in [0.2, 0.25) is 0 Å². The number of nitrogens with one attached hydrogen (secondary N) is 2. The topological polar surface area (TPSA) is 77.3 Å². The van der Waals surface area contributed by atoms with E-state index in [9.17, 15) is 4.79 Å². The molecule has 0 aliphatic carbocycles. The summed E-state index contributed by atoms with van der Waals surface area (Å²) < 4.78 is 0. The van der Waals surface area contributed by atoms with Gasteiger partial charge >= 0.3 is 0 Å². The fourth-order valence-electron chi connectivity index (χ4n) is 1.89. The fraction of sp³-hybridized carbons (Fsp3) is 0.118. The minimum Gasteiger partial charge on any atom is -0.348 e. The van der Waals surface area contributed by atoms with Crippen molar-refractivity contribution in [3.05, 3.63) is 65.7 Å². The SMILES string of the molecule is CSC(=Nc1cccc(C(=O)NCc2ccccc2)c1)NC#N. The van der Waals surface area contributed by atoms with Gasteiger partial charge in [-0.1, -0.05) is 48.2 Å². The first-order valence-electron chi connectivity index (χ1n) is 6.93. The molecular formula is C17H16N4OS. The number of rotatable bonds is 4. The summed E-state index contributed by atoms with van der Waals surface area (Å²) in [6, 6.07) is 16.7.